The zero-order valence-electron chi connectivity index (χ0n) is 19.9. The Kier molecular flexibility index (Phi) is 9.43. The van der Waals surface area contributed by atoms with Gasteiger partial charge in [0.2, 0.25) is 5.91 Å². The van der Waals surface area contributed by atoms with Crippen LogP contribution in [0, 0.1) is 11.8 Å². The third-order valence-electron chi connectivity index (χ3n) is 6.82. The van der Waals surface area contributed by atoms with E-state index in [-0.39, 0.29) is 41.8 Å². The van der Waals surface area contributed by atoms with Crippen LogP contribution in [0.5, 0.6) is 0 Å². The quantitative estimate of drug-likeness (QED) is 0.347. The Bertz CT molecular complexity index is 700. The lowest BCUT2D eigenvalue weighted by atomic mass is 9.81. The van der Waals surface area contributed by atoms with E-state index in [9.17, 15) is 19.5 Å². The third kappa shape index (κ3) is 6.85. The molecule has 9 heteroatoms. The Morgan fingerprint density at radius 2 is 1.85 bits per heavy atom. The monoisotopic (exact) mass is 466 g/mol. The summed E-state index contributed by atoms with van der Waals surface area (Å²) in [5.41, 5.74) is 0. The van der Waals surface area contributed by atoms with Crippen molar-refractivity contribution in [3.05, 3.63) is 12.2 Å². The molecule has 33 heavy (non-hydrogen) atoms. The summed E-state index contributed by atoms with van der Waals surface area (Å²) in [6, 6.07) is 0. The molecular formula is C24H38N2O7. The second-order valence-electron chi connectivity index (χ2n) is 9.56. The van der Waals surface area contributed by atoms with Crippen molar-refractivity contribution in [1.82, 2.24) is 10.2 Å². The maximum atomic E-state index is 12.6. The molecule has 0 aromatic carbocycles. The van der Waals surface area contributed by atoms with Crippen molar-refractivity contribution in [1.29, 1.82) is 0 Å². The van der Waals surface area contributed by atoms with Crippen molar-refractivity contribution in [2.75, 3.05) is 26.8 Å². The second-order valence-corrected chi connectivity index (χ2v) is 9.56. The average molecular weight is 467 g/mol. The molecule has 2 N–H and O–H groups in total. The first-order valence-corrected chi connectivity index (χ1v) is 12.1. The van der Waals surface area contributed by atoms with Crippen LogP contribution in [0.2, 0.25) is 0 Å². The number of carbonyl (C=O) groups is 3. The lowest BCUT2D eigenvalue weighted by molar-refractivity contribution is -0.138. The maximum Gasteiger partial charge on any atom is 0.253 e. The predicted molar refractivity (Wildman–Crippen MR) is 120 cm³/mol. The smallest absolute Gasteiger partial charge is 0.253 e. The summed E-state index contributed by atoms with van der Waals surface area (Å²) < 4.78 is 17.0. The van der Waals surface area contributed by atoms with Gasteiger partial charge in [-0.2, -0.15) is 0 Å². The summed E-state index contributed by atoms with van der Waals surface area (Å²) in [5.74, 6) is -0.201. The molecule has 3 amide bonds. The lowest BCUT2D eigenvalue weighted by Crippen LogP contribution is -2.38. The van der Waals surface area contributed by atoms with E-state index < -0.39 is 18.3 Å². The summed E-state index contributed by atoms with van der Waals surface area (Å²) in [4.78, 5) is 37.3. The van der Waals surface area contributed by atoms with Crippen LogP contribution in [0.25, 0.3) is 0 Å². The van der Waals surface area contributed by atoms with E-state index in [0.717, 1.165) is 32.1 Å². The standard InChI is InChI=1S/C24H38N2O7/c1-15(2)32-14-19-22(29)23(31-3)18(33-19)5-4-12-25-24(30)17-8-6-16(7-9-17)13-26-20(27)10-11-21(26)28/h10-11,15-19,22-23,29H,4-9,12-14H2,1-3H3,(H,25,30)/t16?,17?,18-,19+,22?,23+/m0/s1. The predicted octanol–water partition coefficient (Wildman–Crippen LogP) is 1.18. The number of aliphatic hydroxyl groups excluding tert-OH is 1. The highest BCUT2D eigenvalue weighted by Crippen LogP contribution is 2.30. The average Bonchev–Trinajstić information content (AvgIpc) is 3.28. The molecule has 1 saturated carbocycles. The van der Waals surface area contributed by atoms with Crippen LogP contribution in [0.1, 0.15) is 52.4 Å². The summed E-state index contributed by atoms with van der Waals surface area (Å²) in [6.45, 7) is 5.19. The molecule has 1 aliphatic carbocycles. The number of rotatable bonds is 11. The van der Waals surface area contributed by atoms with Gasteiger partial charge in [-0.3, -0.25) is 19.3 Å². The first kappa shape index (κ1) is 25.8. The van der Waals surface area contributed by atoms with E-state index in [4.69, 9.17) is 14.2 Å². The fraction of sp³-hybridized carbons (Fsp3) is 0.792. The molecule has 0 aromatic heterocycles. The molecule has 0 aromatic rings. The highest BCUT2D eigenvalue weighted by molar-refractivity contribution is 6.12. The molecule has 1 unspecified atom stereocenters. The Morgan fingerprint density at radius 3 is 2.45 bits per heavy atom. The summed E-state index contributed by atoms with van der Waals surface area (Å²) in [6.07, 6.45) is 5.51. The van der Waals surface area contributed by atoms with Gasteiger partial charge in [-0.15, -0.1) is 0 Å². The van der Waals surface area contributed by atoms with Crippen molar-refractivity contribution in [3.8, 4) is 0 Å². The fourth-order valence-electron chi connectivity index (χ4n) is 4.90. The Balaban J connectivity index is 1.33. The van der Waals surface area contributed by atoms with Crippen LogP contribution >= 0.6 is 0 Å². The van der Waals surface area contributed by atoms with Crippen LogP contribution in [0.4, 0.5) is 0 Å². The molecule has 3 rings (SSSR count). The molecular weight excluding hydrogens is 428 g/mol. The number of ether oxygens (including phenoxy) is 3. The Labute approximate surface area is 195 Å². The van der Waals surface area contributed by atoms with Crippen LogP contribution in [0.15, 0.2) is 12.2 Å². The number of hydrogen-bond donors (Lipinski definition) is 2. The Morgan fingerprint density at radius 1 is 1.18 bits per heavy atom. The topological polar surface area (TPSA) is 114 Å². The number of nitrogens with zero attached hydrogens (tertiary/aromatic N) is 1. The van der Waals surface area contributed by atoms with E-state index in [2.05, 4.69) is 5.32 Å². The number of amides is 3. The van der Waals surface area contributed by atoms with Crippen LogP contribution in [0.3, 0.4) is 0 Å². The van der Waals surface area contributed by atoms with Crippen LogP contribution < -0.4 is 5.32 Å². The molecule has 0 radical (unpaired) electrons. The first-order valence-electron chi connectivity index (χ1n) is 12.1. The van der Waals surface area contributed by atoms with E-state index >= 15 is 0 Å². The van der Waals surface area contributed by atoms with E-state index in [1.165, 1.54) is 17.1 Å². The van der Waals surface area contributed by atoms with Gasteiger partial charge in [0.25, 0.3) is 11.8 Å². The normalized spacial score (nSPS) is 32.2. The summed E-state index contributed by atoms with van der Waals surface area (Å²) in [5, 5.41) is 13.5. The zero-order valence-corrected chi connectivity index (χ0v) is 19.9. The molecule has 2 heterocycles. The van der Waals surface area contributed by atoms with Crippen molar-refractivity contribution in [3.63, 3.8) is 0 Å². The highest BCUT2D eigenvalue weighted by Gasteiger charge is 2.43. The van der Waals surface area contributed by atoms with Gasteiger partial charge in [0.05, 0.1) is 18.8 Å². The van der Waals surface area contributed by atoms with Gasteiger partial charge in [-0.1, -0.05) is 0 Å². The van der Waals surface area contributed by atoms with Crippen molar-refractivity contribution in [2.24, 2.45) is 11.8 Å². The molecule has 0 spiro atoms. The molecule has 0 bridgehead atoms. The zero-order chi connectivity index (χ0) is 24.0. The minimum atomic E-state index is -0.731. The number of nitrogens with one attached hydrogen (secondary N) is 1. The van der Waals surface area contributed by atoms with Gasteiger partial charge in [0, 0.05) is 38.3 Å². The van der Waals surface area contributed by atoms with E-state index in [0.29, 0.717) is 26.1 Å². The van der Waals surface area contributed by atoms with Crippen LogP contribution in [-0.2, 0) is 28.6 Å². The summed E-state index contributed by atoms with van der Waals surface area (Å²) >= 11 is 0. The SMILES string of the molecule is CO[C@H]1C(O)[C@@H](COC(C)C)O[C@H]1CCCNC(=O)C1CCC(CN2C(=O)C=CC2=O)CC1. The lowest BCUT2D eigenvalue weighted by Gasteiger charge is -2.30. The van der Waals surface area contributed by atoms with Gasteiger partial charge in [0.15, 0.2) is 0 Å². The number of aliphatic hydroxyl groups is 1. The van der Waals surface area contributed by atoms with Gasteiger partial charge in [-0.05, 0) is 58.3 Å². The van der Waals surface area contributed by atoms with Crippen molar-refractivity contribution in [2.45, 2.75) is 82.9 Å². The number of methoxy groups -OCH3 is 1. The molecule has 9 nitrogen and oxygen atoms in total. The molecule has 3 aliphatic rings. The minimum Gasteiger partial charge on any atom is -0.387 e. The van der Waals surface area contributed by atoms with Crippen molar-refractivity contribution < 1.29 is 33.7 Å². The third-order valence-corrected chi connectivity index (χ3v) is 6.82. The maximum absolute atomic E-state index is 12.6. The van der Waals surface area contributed by atoms with Gasteiger partial charge >= 0.3 is 0 Å². The van der Waals surface area contributed by atoms with E-state index in [1.807, 2.05) is 13.8 Å². The number of carbonyl (C=O) groups excluding carboxylic acids is 3. The molecule has 186 valence electrons. The highest BCUT2D eigenvalue weighted by atomic mass is 16.6. The molecule has 2 fully saturated rings. The summed E-state index contributed by atoms with van der Waals surface area (Å²) in [7, 11) is 1.57. The van der Waals surface area contributed by atoms with Crippen molar-refractivity contribution >= 4 is 17.7 Å². The largest absolute Gasteiger partial charge is 0.387 e. The second kappa shape index (κ2) is 12.1. The minimum absolute atomic E-state index is 0.0294. The molecule has 2 aliphatic heterocycles. The van der Waals surface area contributed by atoms with Gasteiger partial charge in [0.1, 0.15) is 18.3 Å². The van der Waals surface area contributed by atoms with Gasteiger partial charge < -0.3 is 24.6 Å². The Hall–Kier alpha value is -1.81. The van der Waals surface area contributed by atoms with Crippen LogP contribution in [-0.4, -0.2) is 85.1 Å². The fourth-order valence-corrected chi connectivity index (χ4v) is 4.90. The molecule has 1 saturated heterocycles. The van der Waals surface area contributed by atoms with E-state index in [1.54, 1.807) is 7.11 Å². The number of imide groups is 1. The first-order chi connectivity index (χ1) is 15.8. The molecule has 4 atom stereocenters. The van der Waals surface area contributed by atoms with Gasteiger partial charge in [-0.25, -0.2) is 0 Å². The number of hydrogen-bond acceptors (Lipinski definition) is 7.